The molecule has 30 heavy (non-hydrogen) atoms. The average Bonchev–Trinajstić information content (AvgIpc) is 3.18. The zero-order valence-electron chi connectivity index (χ0n) is 17.2. The molecule has 6 atom stereocenters. The Labute approximate surface area is 175 Å². The van der Waals surface area contributed by atoms with Crippen molar-refractivity contribution < 1.29 is 19.4 Å². The van der Waals surface area contributed by atoms with E-state index in [-0.39, 0.29) is 24.1 Å². The van der Waals surface area contributed by atoms with E-state index in [1.807, 2.05) is 0 Å². The third kappa shape index (κ3) is 3.59. The molecule has 9 heteroatoms. The Kier molecular flexibility index (Phi) is 4.80. The van der Waals surface area contributed by atoms with Crippen LogP contribution in [0.25, 0.3) is 0 Å². The van der Waals surface area contributed by atoms with Crippen LogP contribution in [-0.2, 0) is 4.74 Å². The first-order chi connectivity index (χ1) is 14.4. The maximum Gasteiger partial charge on any atom is 0.410 e. The summed E-state index contributed by atoms with van der Waals surface area (Å²) in [4.78, 5) is 34.5. The van der Waals surface area contributed by atoms with Crippen molar-refractivity contribution in [1.82, 2.24) is 20.2 Å². The van der Waals surface area contributed by atoms with Crippen LogP contribution < -0.4 is 10.6 Å². The van der Waals surface area contributed by atoms with Gasteiger partial charge in [-0.3, -0.25) is 4.79 Å². The van der Waals surface area contributed by atoms with Crippen LogP contribution in [0.4, 0.5) is 10.7 Å². The number of likely N-dealkylation sites (tertiary alicyclic amines) is 1. The Morgan fingerprint density at radius 1 is 1.20 bits per heavy atom. The smallest absolute Gasteiger partial charge is 0.410 e. The molecule has 162 valence electrons. The predicted octanol–water partition coefficient (Wildman–Crippen LogP) is 1.40. The molecular formula is C21H29N5O4. The van der Waals surface area contributed by atoms with Gasteiger partial charge in [-0.2, -0.15) is 0 Å². The second kappa shape index (κ2) is 7.37. The first kappa shape index (κ1) is 19.5. The minimum Gasteiger partial charge on any atom is -0.446 e. The van der Waals surface area contributed by atoms with Crippen molar-refractivity contribution >= 4 is 17.9 Å². The van der Waals surface area contributed by atoms with Crippen molar-refractivity contribution in [2.24, 2.45) is 17.8 Å². The van der Waals surface area contributed by atoms with Gasteiger partial charge < -0.3 is 25.4 Å². The number of amides is 2. The van der Waals surface area contributed by atoms with E-state index in [4.69, 9.17) is 4.74 Å². The van der Waals surface area contributed by atoms with E-state index in [0.29, 0.717) is 42.4 Å². The summed E-state index contributed by atoms with van der Waals surface area (Å²) in [7, 11) is 1.56. The number of nitrogens with zero attached hydrogens (tertiary/aromatic N) is 3. The van der Waals surface area contributed by atoms with Gasteiger partial charge in [0, 0.05) is 38.6 Å². The second-order valence-corrected chi connectivity index (χ2v) is 9.49. The molecule has 1 aromatic rings. The van der Waals surface area contributed by atoms with E-state index in [0.717, 1.165) is 38.5 Å². The number of ether oxygens (including phenoxy) is 1. The normalized spacial score (nSPS) is 36.6. The Hall–Kier alpha value is -2.42. The topological polar surface area (TPSA) is 117 Å². The molecule has 4 bridgehead atoms. The highest BCUT2D eigenvalue weighted by atomic mass is 16.6. The van der Waals surface area contributed by atoms with Gasteiger partial charge in [0.1, 0.15) is 6.10 Å². The van der Waals surface area contributed by atoms with Gasteiger partial charge in [-0.05, 0) is 56.3 Å². The molecule has 4 aliphatic carbocycles. The number of hydrogen-bond donors (Lipinski definition) is 3. The molecule has 0 radical (unpaired) electrons. The van der Waals surface area contributed by atoms with Crippen LogP contribution in [0.15, 0.2) is 12.4 Å². The van der Waals surface area contributed by atoms with Gasteiger partial charge in [0.05, 0.1) is 11.2 Å². The molecular weight excluding hydrogens is 386 g/mol. The van der Waals surface area contributed by atoms with Crippen molar-refractivity contribution in [2.75, 3.05) is 25.5 Å². The van der Waals surface area contributed by atoms with Crippen LogP contribution in [0.5, 0.6) is 0 Å². The van der Waals surface area contributed by atoms with Crippen molar-refractivity contribution in [1.29, 1.82) is 0 Å². The summed E-state index contributed by atoms with van der Waals surface area (Å²) in [5.74, 6) is 1.41. The van der Waals surface area contributed by atoms with Gasteiger partial charge in [0.15, 0.2) is 0 Å². The Morgan fingerprint density at radius 2 is 1.90 bits per heavy atom. The van der Waals surface area contributed by atoms with Gasteiger partial charge >= 0.3 is 6.09 Å². The van der Waals surface area contributed by atoms with Crippen LogP contribution in [-0.4, -0.2) is 69.9 Å². The molecule has 2 heterocycles. The first-order valence-corrected chi connectivity index (χ1v) is 10.9. The van der Waals surface area contributed by atoms with Crippen LogP contribution in [0, 0.1) is 17.8 Å². The Morgan fingerprint density at radius 3 is 2.53 bits per heavy atom. The fraction of sp³-hybridized carbons (Fsp3) is 0.714. The molecule has 6 rings (SSSR count). The van der Waals surface area contributed by atoms with Gasteiger partial charge in [-0.15, -0.1) is 0 Å². The summed E-state index contributed by atoms with van der Waals surface area (Å²) in [6.45, 7) is 1.16. The predicted molar refractivity (Wildman–Crippen MR) is 108 cm³/mol. The number of carbonyl (C=O) groups is 2. The quantitative estimate of drug-likeness (QED) is 0.680. The van der Waals surface area contributed by atoms with E-state index in [9.17, 15) is 14.7 Å². The summed E-state index contributed by atoms with van der Waals surface area (Å²) in [6, 6.07) is 0.0441. The summed E-state index contributed by atoms with van der Waals surface area (Å²) in [6.07, 6.45) is 8.05. The molecule has 9 nitrogen and oxygen atoms in total. The third-order valence-corrected chi connectivity index (χ3v) is 7.31. The Bertz CT molecular complexity index is 815. The highest BCUT2D eigenvalue weighted by Gasteiger charge is 2.56. The van der Waals surface area contributed by atoms with Crippen LogP contribution >= 0.6 is 0 Å². The lowest BCUT2D eigenvalue weighted by Gasteiger charge is -2.57. The molecule has 5 unspecified atom stereocenters. The monoisotopic (exact) mass is 415 g/mol. The molecule has 4 saturated carbocycles. The molecule has 5 fully saturated rings. The van der Waals surface area contributed by atoms with Crippen molar-refractivity contribution in [3.8, 4) is 0 Å². The van der Waals surface area contributed by atoms with E-state index in [1.165, 1.54) is 12.4 Å². The molecule has 1 saturated heterocycles. The van der Waals surface area contributed by atoms with E-state index >= 15 is 0 Å². The lowest BCUT2D eigenvalue weighted by atomic mass is 9.53. The zero-order valence-corrected chi connectivity index (χ0v) is 17.2. The molecule has 1 aromatic heterocycles. The van der Waals surface area contributed by atoms with Crippen LogP contribution in [0.3, 0.4) is 0 Å². The van der Waals surface area contributed by atoms with Crippen molar-refractivity contribution in [3.63, 3.8) is 0 Å². The van der Waals surface area contributed by atoms with E-state index < -0.39 is 5.60 Å². The number of nitrogens with one attached hydrogen (secondary N) is 2. The minimum atomic E-state index is -0.518. The lowest BCUT2D eigenvalue weighted by Crippen LogP contribution is -2.58. The fourth-order valence-corrected chi connectivity index (χ4v) is 6.21. The van der Waals surface area contributed by atoms with Crippen LogP contribution in [0.2, 0.25) is 0 Å². The van der Waals surface area contributed by atoms with Gasteiger partial charge in [-0.1, -0.05) is 0 Å². The number of carbonyl (C=O) groups excluding carboxylic acids is 2. The van der Waals surface area contributed by atoms with Gasteiger partial charge in [0.25, 0.3) is 5.91 Å². The maximum absolute atomic E-state index is 12.8. The van der Waals surface area contributed by atoms with Crippen molar-refractivity contribution in [2.45, 2.75) is 56.3 Å². The fourth-order valence-electron chi connectivity index (χ4n) is 6.21. The largest absolute Gasteiger partial charge is 0.446 e. The Balaban J connectivity index is 1.15. The maximum atomic E-state index is 12.8. The summed E-state index contributed by atoms with van der Waals surface area (Å²) >= 11 is 0. The standard InChI is InChI=1S/C21H29N5O4/c1-22-18(27)15-9-23-19(24-10-15)25-16-2-3-26(11-16)20(28)30-17-13-4-12-5-14(17)8-21(29,6-12)7-13/h9-10,12-14,16-17,29H,2-8,11H2,1H3,(H,22,27)(H,23,24,25)/t12?,13-,14?,16?,17?,21?/m1/s1. The SMILES string of the molecule is CNC(=O)c1cnc(NC2CCN(C(=O)OC3C4CC5C[C@@H]3CC(O)(C5)C4)C2)nc1. The molecule has 2 amide bonds. The molecule has 1 aliphatic heterocycles. The number of aromatic nitrogens is 2. The number of anilines is 1. The molecule has 0 aromatic carbocycles. The number of aliphatic hydroxyl groups is 1. The number of rotatable bonds is 4. The minimum absolute atomic E-state index is 0.0441. The van der Waals surface area contributed by atoms with Crippen LogP contribution in [0.1, 0.15) is 48.9 Å². The second-order valence-electron chi connectivity index (χ2n) is 9.49. The third-order valence-electron chi connectivity index (χ3n) is 7.31. The average molecular weight is 415 g/mol. The van der Waals surface area contributed by atoms with E-state index in [1.54, 1.807) is 11.9 Å². The zero-order chi connectivity index (χ0) is 20.9. The first-order valence-electron chi connectivity index (χ1n) is 10.9. The van der Waals surface area contributed by atoms with Crippen molar-refractivity contribution in [3.05, 3.63) is 18.0 Å². The van der Waals surface area contributed by atoms with E-state index in [2.05, 4.69) is 20.6 Å². The highest BCUT2D eigenvalue weighted by molar-refractivity contribution is 5.93. The van der Waals surface area contributed by atoms with Gasteiger partial charge in [-0.25, -0.2) is 14.8 Å². The lowest BCUT2D eigenvalue weighted by molar-refractivity contribution is -0.177. The summed E-state index contributed by atoms with van der Waals surface area (Å²) in [5.41, 5.74) is -0.116. The molecule has 3 N–H and O–H groups in total. The number of hydrogen-bond acceptors (Lipinski definition) is 7. The molecule has 5 aliphatic rings. The summed E-state index contributed by atoms with van der Waals surface area (Å²) in [5, 5.41) is 16.5. The van der Waals surface area contributed by atoms with Gasteiger partial charge in [0.2, 0.25) is 5.95 Å². The molecule has 0 spiro atoms. The summed E-state index contributed by atoms with van der Waals surface area (Å²) < 4.78 is 5.98. The highest BCUT2D eigenvalue weighted by Crippen LogP contribution is 2.56.